The average Bonchev–Trinajstić information content (AvgIpc) is 3.13. The van der Waals surface area contributed by atoms with Crippen molar-refractivity contribution in [3.8, 4) is 0 Å². The minimum Gasteiger partial charge on any atom is -0.376 e. The Hall–Kier alpha value is -1.63. The molecule has 0 saturated carbocycles. The lowest BCUT2D eigenvalue weighted by Crippen LogP contribution is -2.41. The second-order valence-corrected chi connectivity index (χ2v) is 5.94. The van der Waals surface area contributed by atoms with Gasteiger partial charge in [-0.05, 0) is 25.7 Å². The van der Waals surface area contributed by atoms with Crippen LogP contribution in [-0.2, 0) is 24.2 Å². The van der Waals surface area contributed by atoms with E-state index in [0.29, 0.717) is 12.6 Å². The molecule has 2 aliphatic rings. The molecule has 122 valence electrons. The van der Waals surface area contributed by atoms with Gasteiger partial charge in [0.05, 0.1) is 12.6 Å². The molecule has 2 aliphatic heterocycles. The Bertz CT molecular complexity index is 506. The number of nitrogens with one attached hydrogen (secondary N) is 2. The van der Waals surface area contributed by atoms with Gasteiger partial charge in [0, 0.05) is 33.2 Å². The molecule has 1 aromatic rings. The molecular formula is C15H26N6O. The first-order chi connectivity index (χ1) is 10.9. The molecule has 1 unspecified atom stereocenters. The van der Waals surface area contributed by atoms with Crippen LogP contribution in [-0.4, -0.2) is 47.0 Å². The summed E-state index contributed by atoms with van der Waals surface area (Å²) in [7, 11) is 1.79. The number of fused-ring (bicyclic) bond motifs is 1. The highest BCUT2D eigenvalue weighted by Gasteiger charge is 2.17. The lowest BCUT2D eigenvalue weighted by molar-refractivity contribution is 0.114. The van der Waals surface area contributed by atoms with Gasteiger partial charge in [-0.25, -0.2) is 0 Å². The minimum atomic E-state index is 0.308. The zero-order valence-corrected chi connectivity index (χ0v) is 13.3. The van der Waals surface area contributed by atoms with Crippen LogP contribution in [0.25, 0.3) is 0 Å². The normalized spacial score (nSPS) is 22.2. The van der Waals surface area contributed by atoms with Crippen molar-refractivity contribution in [2.24, 2.45) is 4.99 Å². The van der Waals surface area contributed by atoms with E-state index in [1.807, 2.05) is 0 Å². The van der Waals surface area contributed by atoms with E-state index in [2.05, 4.69) is 30.4 Å². The summed E-state index contributed by atoms with van der Waals surface area (Å²) in [6, 6.07) is 0. The van der Waals surface area contributed by atoms with Crippen LogP contribution in [0.4, 0.5) is 0 Å². The van der Waals surface area contributed by atoms with Crippen molar-refractivity contribution in [1.82, 2.24) is 25.4 Å². The van der Waals surface area contributed by atoms with Crippen LogP contribution in [0.2, 0.25) is 0 Å². The monoisotopic (exact) mass is 306 g/mol. The second-order valence-electron chi connectivity index (χ2n) is 5.94. The van der Waals surface area contributed by atoms with Crippen LogP contribution >= 0.6 is 0 Å². The summed E-state index contributed by atoms with van der Waals surface area (Å²) in [5.74, 6) is 2.91. The Morgan fingerprint density at radius 3 is 3.05 bits per heavy atom. The molecule has 7 nitrogen and oxygen atoms in total. The van der Waals surface area contributed by atoms with Crippen LogP contribution in [0.3, 0.4) is 0 Å². The molecule has 0 bridgehead atoms. The largest absolute Gasteiger partial charge is 0.376 e. The summed E-state index contributed by atoms with van der Waals surface area (Å²) in [6.07, 6.45) is 7.34. The molecule has 1 atom stereocenters. The lowest BCUT2D eigenvalue weighted by Gasteiger charge is -2.15. The Balaban J connectivity index is 1.51. The highest BCUT2D eigenvalue weighted by atomic mass is 16.5. The highest BCUT2D eigenvalue weighted by Crippen LogP contribution is 2.14. The molecule has 1 saturated heterocycles. The number of aromatic nitrogens is 3. The number of rotatable bonds is 4. The summed E-state index contributed by atoms with van der Waals surface area (Å²) in [6.45, 7) is 3.36. The molecule has 22 heavy (non-hydrogen) atoms. The Morgan fingerprint density at radius 2 is 2.23 bits per heavy atom. The van der Waals surface area contributed by atoms with E-state index < -0.39 is 0 Å². The Kier molecular flexibility index (Phi) is 5.26. The fourth-order valence-corrected chi connectivity index (χ4v) is 3.08. The van der Waals surface area contributed by atoms with E-state index in [1.54, 1.807) is 7.05 Å². The lowest BCUT2D eigenvalue weighted by atomic mass is 10.2. The van der Waals surface area contributed by atoms with Crippen molar-refractivity contribution in [2.75, 3.05) is 20.2 Å². The first kappa shape index (κ1) is 15.3. The van der Waals surface area contributed by atoms with Gasteiger partial charge in [0.15, 0.2) is 11.8 Å². The maximum atomic E-state index is 5.61. The number of hydrogen-bond donors (Lipinski definition) is 2. The maximum Gasteiger partial charge on any atom is 0.191 e. The van der Waals surface area contributed by atoms with Gasteiger partial charge in [0.1, 0.15) is 5.82 Å². The van der Waals surface area contributed by atoms with Gasteiger partial charge in [0.2, 0.25) is 0 Å². The smallest absolute Gasteiger partial charge is 0.191 e. The predicted molar refractivity (Wildman–Crippen MR) is 84.8 cm³/mol. The summed E-state index contributed by atoms with van der Waals surface area (Å²) < 4.78 is 7.87. The molecule has 7 heteroatoms. The van der Waals surface area contributed by atoms with E-state index in [-0.39, 0.29) is 0 Å². The SMILES string of the molecule is CN=C(NCc1nnc2n1CCCCC2)NCC1CCCO1. The van der Waals surface area contributed by atoms with Crippen molar-refractivity contribution >= 4 is 5.96 Å². The highest BCUT2D eigenvalue weighted by molar-refractivity contribution is 5.79. The van der Waals surface area contributed by atoms with Crippen molar-refractivity contribution in [1.29, 1.82) is 0 Å². The second kappa shape index (κ2) is 7.58. The van der Waals surface area contributed by atoms with Gasteiger partial charge in [-0.15, -0.1) is 10.2 Å². The molecule has 2 N–H and O–H groups in total. The summed E-state index contributed by atoms with van der Waals surface area (Å²) >= 11 is 0. The third-order valence-electron chi connectivity index (χ3n) is 4.34. The molecule has 1 fully saturated rings. The molecule has 0 radical (unpaired) electrons. The molecule has 0 spiro atoms. The van der Waals surface area contributed by atoms with E-state index in [4.69, 9.17) is 4.74 Å². The molecule has 0 aliphatic carbocycles. The standard InChI is InChI=1S/C15H26N6O/c1-16-15(17-10-12-6-5-9-22-12)18-11-14-20-19-13-7-3-2-4-8-21(13)14/h12H,2-11H2,1H3,(H2,16,17,18). The number of aryl methyl sites for hydroxylation is 1. The maximum absolute atomic E-state index is 5.61. The molecule has 0 amide bonds. The van der Waals surface area contributed by atoms with Gasteiger partial charge in [-0.1, -0.05) is 6.42 Å². The summed E-state index contributed by atoms with van der Waals surface area (Å²) in [4.78, 5) is 4.26. The quantitative estimate of drug-likeness (QED) is 0.637. The fourth-order valence-electron chi connectivity index (χ4n) is 3.08. The van der Waals surface area contributed by atoms with Gasteiger partial charge in [0.25, 0.3) is 0 Å². The van der Waals surface area contributed by atoms with E-state index in [0.717, 1.165) is 56.6 Å². The summed E-state index contributed by atoms with van der Waals surface area (Å²) in [5.41, 5.74) is 0. The number of hydrogen-bond acceptors (Lipinski definition) is 4. The molecular weight excluding hydrogens is 280 g/mol. The van der Waals surface area contributed by atoms with Crippen LogP contribution in [0.1, 0.15) is 43.8 Å². The topological polar surface area (TPSA) is 76.4 Å². The molecule has 1 aromatic heterocycles. The first-order valence-corrected chi connectivity index (χ1v) is 8.34. The van der Waals surface area contributed by atoms with Crippen LogP contribution in [0, 0.1) is 0 Å². The summed E-state index contributed by atoms with van der Waals surface area (Å²) in [5, 5.41) is 15.3. The van der Waals surface area contributed by atoms with Gasteiger partial charge < -0.3 is 19.9 Å². The third-order valence-corrected chi connectivity index (χ3v) is 4.34. The molecule has 0 aromatic carbocycles. The van der Waals surface area contributed by atoms with Gasteiger partial charge in [-0.3, -0.25) is 4.99 Å². The van der Waals surface area contributed by atoms with E-state index in [1.165, 1.54) is 19.3 Å². The van der Waals surface area contributed by atoms with Crippen LogP contribution < -0.4 is 10.6 Å². The average molecular weight is 306 g/mol. The van der Waals surface area contributed by atoms with Crippen molar-refractivity contribution in [3.05, 3.63) is 11.6 Å². The Morgan fingerprint density at radius 1 is 1.27 bits per heavy atom. The molecule has 3 heterocycles. The van der Waals surface area contributed by atoms with Crippen molar-refractivity contribution < 1.29 is 4.74 Å². The van der Waals surface area contributed by atoms with Gasteiger partial charge in [-0.2, -0.15) is 0 Å². The zero-order chi connectivity index (χ0) is 15.2. The minimum absolute atomic E-state index is 0.308. The molecule has 3 rings (SSSR count). The number of aliphatic imine (C=N–C) groups is 1. The van der Waals surface area contributed by atoms with Crippen LogP contribution in [0.15, 0.2) is 4.99 Å². The van der Waals surface area contributed by atoms with E-state index >= 15 is 0 Å². The number of guanidine groups is 1. The predicted octanol–water partition coefficient (Wildman–Crippen LogP) is 0.848. The number of nitrogens with zero attached hydrogens (tertiary/aromatic N) is 4. The fraction of sp³-hybridized carbons (Fsp3) is 0.800. The zero-order valence-electron chi connectivity index (χ0n) is 13.3. The van der Waals surface area contributed by atoms with Crippen molar-refractivity contribution in [2.45, 2.75) is 57.7 Å². The number of ether oxygens (including phenoxy) is 1. The third kappa shape index (κ3) is 3.76. The Labute approximate surface area is 131 Å². The van der Waals surface area contributed by atoms with Crippen molar-refractivity contribution in [3.63, 3.8) is 0 Å². The van der Waals surface area contributed by atoms with E-state index in [9.17, 15) is 0 Å². The first-order valence-electron chi connectivity index (χ1n) is 8.34. The van der Waals surface area contributed by atoms with Gasteiger partial charge >= 0.3 is 0 Å². The van der Waals surface area contributed by atoms with Crippen LogP contribution in [0.5, 0.6) is 0 Å².